The molecule has 1 aliphatic rings. The van der Waals surface area contributed by atoms with Crippen LogP contribution in [0.3, 0.4) is 0 Å². The molecule has 1 heterocycles. The van der Waals surface area contributed by atoms with Gasteiger partial charge in [-0.05, 0) is 50.1 Å². The minimum Gasteiger partial charge on any atom is -0.465 e. The predicted molar refractivity (Wildman–Crippen MR) is 85.4 cm³/mol. The monoisotopic (exact) mass is 313 g/mol. The maximum absolute atomic E-state index is 12.5. The van der Waals surface area contributed by atoms with Crippen LogP contribution >= 0.6 is 23.1 Å². The van der Waals surface area contributed by atoms with Crippen LogP contribution in [0.25, 0.3) is 0 Å². The Morgan fingerprint density at radius 2 is 2.35 bits per heavy atom. The topological polar surface area (TPSA) is 38.3 Å². The minimum atomic E-state index is -0.499. The van der Waals surface area contributed by atoms with E-state index in [4.69, 9.17) is 4.74 Å². The third-order valence-corrected chi connectivity index (χ3v) is 5.87. The van der Waals surface area contributed by atoms with Crippen LogP contribution in [0, 0.1) is 5.92 Å². The maximum atomic E-state index is 12.5. The van der Waals surface area contributed by atoms with E-state index in [1.807, 2.05) is 6.92 Å². The number of nitrogens with one attached hydrogen (secondary N) is 1. The molecule has 1 aliphatic carbocycles. The van der Waals surface area contributed by atoms with E-state index in [9.17, 15) is 4.79 Å². The van der Waals surface area contributed by atoms with Crippen LogP contribution in [-0.4, -0.2) is 30.4 Å². The molecule has 1 aromatic heterocycles. The van der Waals surface area contributed by atoms with E-state index in [1.165, 1.54) is 4.21 Å². The molecule has 1 atom stereocenters. The van der Waals surface area contributed by atoms with E-state index >= 15 is 0 Å². The molecule has 0 amide bonds. The van der Waals surface area contributed by atoms with Crippen molar-refractivity contribution in [3.05, 3.63) is 17.5 Å². The van der Waals surface area contributed by atoms with Gasteiger partial charge in [0.05, 0.1) is 10.8 Å². The molecule has 2 rings (SSSR count). The molecule has 5 heteroatoms. The molecule has 0 saturated heterocycles. The van der Waals surface area contributed by atoms with Crippen molar-refractivity contribution in [1.29, 1.82) is 0 Å². The van der Waals surface area contributed by atoms with E-state index in [1.54, 1.807) is 23.1 Å². The summed E-state index contributed by atoms with van der Waals surface area (Å²) in [5.74, 6) is 1.12. The summed E-state index contributed by atoms with van der Waals surface area (Å²) in [6.45, 7) is 5.31. The molecule has 1 fully saturated rings. The summed E-state index contributed by atoms with van der Waals surface area (Å²) < 4.78 is 6.63. The summed E-state index contributed by atoms with van der Waals surface area (Å²) in [7, 11) is 0. The molecule has 0 aliphatic heterocycles. The summed E-state index contributed by atoms with van der Waals surface area (Å²) in [6.07, 6.45) is 3.28. The highest BCUT2D eigenvalue weighted by molar-refractivity contribution is 8.01. The van der Waals surface area contributed by atoms with Crippen molar-refractivity contribution in [2.75, 3.05) is 18.9 Å². The van der Waals surface area contributed by atoms with Crippen molar-refractivity contribution in [3.63, 3.8) is 0 Å². The van der Waals surface area contributed by atoms with Crippen molar-refractivity contribution in [1.82, 2.24) is 5.32 Å². The molecule has 112 valence electrons. The minimum absolute atomic E-state index is 0.0694. The quantitative estimate of drug-likeness (QED) is 0.559. The van der Waals surface area contributed by atoms with Gasteiger partial charge in [0.25, 0.3) is 0 Å². The summed E-state index contributed by atoms with van der Waals surface area (Å²) in [6, 6.07) is 4.16. The van der Waals surface area contributed by atoms with Crippen LogP contribution in [0.15, 0.2) is 21.7 Å². The molecule has 20 heavy (non-hydrogen) atoms. The second kappa shape index (κ2) is 7.48. The Labute approximate surface area is 129 Å². The van der Waals surface area contributed by atoms with E-state index in [0.717, 1.165) is 31.6 Å². The number of carbonyl (C=O) groups is 1. The first-order valence-electron chi connectivity index (χ1n) is 7.31. The fourth-order valence-electron chi connectivity index (χ4n) is 2.33. The number of rotatable bonds is 9. The number of ether oxygens (including phenoxy) is 1. The van der Waals surface area contributed by atoms with Gasteiger partial charge in [-0.2, -0.15) is 0 Å². The summed E-state index contributed by atoms with van der Waals surface area (Å²) in [5.41, 5.74) is -0.499. The molecule has 0 bridgehead atoms. The predicted octanol–water partition coefficient (Wildman–Crippen LogP) is 3.55. The van der Waals surface area contributed by atoms with Crippen molar-refractivity contribution in [3.8, 4) is 0 Å². The van der Waals surface area contributed by atoms with E-state index in [-0.39, 0.29) is 5.97 Å². The molecular weight excluding hydrogens is 290 g/mol. The van der Waals surface area contributed by atoms with Gasteiger partial charge in [0.1, 0.15) is 5.54 Å². The van der Waals surface area contributed by atoms with Gasteiger partial charge in [0, 0.05) is 5.75 Å². The average molecular weight is 313 g/mol. The van der Waals surface area contributed by atoms with Gasteiger partial charge in [0.15, 0.2) is 0 Å². The summed E-state index contributed by atoms with van der Waals surface area (Å²) in [4.78, 5) is 12.5. The fourth-order valence-corrected chi connectivity index (χ4v) is 4.39. The number of hydrogen-bond donors (Lipinski definition) is 1. The Morgan fingerprint density at radius 1 is 1.55 bits per heavy atom. The maximum Gasteiger partial charge on any atom is 0.327 e. The van der Waals surface area contributed by atoms with Crippen LogP contribution in [0.2, 0.25) is 0 Å². The normalized spacial score (nSPS) is 17.7. The first-order valence-corrected chi connectivity index (χ1v) is 9.18. The van der Waals surface area contributed by atoms with Gasteiger partial charge in [-0.15, -0.1) is 23.1 Å². The van der Waals surface area contributed by atoms with Gasteiger partial charge in [-0.3, -0.25) is 4.79 Å². The molecule has 0 radical (unpaired) electrons. The Morgan fingerprint density at radius 3 is 2.90 bits per heavy atom. The van der Waals surface area contributed by atoms with E-state index in [2.05, 4.69) is 29.8 Å². The highest BCUT2D eigenvalue weighted by atomic mass is 32.2. The number of carbonyl (C=O) groups excluding carboxylic acids is 1. The zero-order valence-electron chi connectivity index (χ0n) is 12.2. The van der Waals surface area contributed by atoms with Crippen LogP contribution < -0.4 is 5.32 Å². The van der Waals surface area contributed by atoms with Gasteiger partial charge < -0.3 is 10.1 Å². The molecule has 1 aromatic rings. The zero-order valence-corrected chi connectivity index (χ0v) is 13.8. The lowest BCUT2D eigenvalue weighted by Crippen LogP contribution is -2.57. The smallest absolute Gasteiger partial charge is 0.327 e. The molecule has 3 nitrogen and oxygen atoms in total. The van der Waals surface area contributed by atoms with Crippen molar-refractivity contribution < 1.29 is 9.53 Å². The molecule has 1 unspecified atom stereocenters. The Kier molecular flexibility index (Phi) is 5.93. The number of hydrogen-bond acceptors (Lipinski definition) is 5. The van der Waals surface area contributed by atoms with E-state index in [0.29, 0.717) is 12.5 Å². The molecule has 1 N–H and O–H groups in total. The zero-order chi connectivity index (χ0) is 14.4. The van der Waals surface area contributed by atoms with Gasteiger partial charge >= 0.3 is 5.97 Å². The highest BCUT2D eigenvalue weighted by Crippen LogP contribution is 2.43. The second-order valence-corrected chi connectivity index (χ2v) is 7.34. The SMILES string of the molecule is CCCNC(CSc1cccs1)(C(=O)OCC)C1CC1. The lowest BCUT2D eigenvalue weighted by Gasteiger charge is -2.32. The Balaban J connectivity index is 2.09. The van der Waals surface area contributed by atoms with Crippen molar-refractivity contribution >= 4 is 29.1 Å². The second-order valence-electron chi connectivity index (χ2n) is 5.11. The fraction of sp³-hybridized carbons (Fsp3) is 0.667. The van der Waals surface area contributed by atoms with Gasteiger partial charge in [-0.25, -0.2) is 0 Å². The largest absolute Gasteiger partial charge is 0.465 e. The first kappa shape index (κ1) is 15.9. The third-order valence-electron chi connectivity index (χ3n) is 3.54. The molecule has 1 saturated carbocycles. The molecule has 0 aromatic carbocycles. The van der Waals surface area contributed by atoms with Crippen LogP contribution in [0.5, 0.6) is 0 Å². The summed E-state index contributed by atoms with van der Waals surface area (Å²) in [5, 5.41) is 5.58. The van der Waals surface area contributed by atoms with Gasteiger partial charge in [-0.1, -0.05) is 13.0 Å². The van der Waals surface area contributed by atoms with Crippen molar-refractivity contribution in [2.24, 2.45) is 5.92 Å². The highest BCUT2D eigenvalue weighted by Gasteiger charge is 2.51. The van der Waals surface area contributed by atoms with Crippen LogP contribution in [-0.2, 0) is 9.53 Å². The lowest BCUT2D eigenvalue weighted by molar-refractivity contribution is -0.151. The lowest BCUT2D eigenvalue weighted by atomic mass is 9.95. The Bertz CT molecular complexity index is 418. The standard InChI is InChI=1S/C15H23NO2S2/c1-3-9-16-15(12-7-8-12,14(17)18-4-2)11-20-13-6-5-10-19-13/h5-6,10,12,16H,3-4,7-9,11H2,1-2H3. The first-order chi connectivity index (χ1) is 9.73. The Hall–Kier alpha value is -0.520. The molecule has 0 spiro atoms. The average Bonchev–Trinajstić information content (AvgIpc) is 3.16. The number of esters is 1. The van der Waals surface area contributed by atoms with E-state index < -0.39 is 5.54 Å². The van der Waals surface area contributed by atoms with Crippen LogP contribution in [0.4, 0.5) is 0 Å². The molecular formula is C15H23NO2S2. The summed E-state index contributed by atoms with van der Waals surface area (Å²) >= 11 is 3.49. The number of thiophene rings is 1. The third kappa shape index (κ3) is 3.77. The van der Waals surface area contributed by atoms with Crippen molar-refractivity contribution in [2.45, 2.75) is 42.9 Å². The van der Waals surface area contributed by atoms with Crippen LogP contribution in [0.1, 0.15) is 33.1 Å². The van der Waals surface area contributed by atoms with Gasteiger partial charge in [0.2, 0.25) is 0 Å². The number of thioether (sulfide) groups is 1.